The predicted octanol–water partition coefficient (Wildman–Crippen LogP) is 1.83. The summed E-state index contributed by atoms with van der Waals surface area (Å²) in [5, 5.41) is 9.02. The molecule has 2 heterocycles. The van der Waals surface area contributed by atoms with E-state index in [0.717, 1.165) is 17.1 Å². The van der Waals surface area contributed by atoms with Crippen LogP contribution in [-0.2, 0) is 16.6 Å². The minimum atomic E-state index is -0.223. The molecule has 7 nitrogen and oxygen atoms in total. The van der Waals surface area contributed by atoms with E-state index in [0.29, 0.717) is 31.5 Å². The number of aromatic nitrogens is 3. The molecule has 0 bridgehead atoms. The zero-order chi connectivity index (χ0) is 17.8. The fraction of sp³-hybridized carbons (Fsp3) is 0.471. The summed E-state index contributed by atoms with van der Waals surface area (Å²) in [5.74, 6) is 1.62. The summed E-state index contributed by atoms with van der Waals surface area (Å²) >= 11 is 1.42. The number of thioether (sulfide) groups is 1. The lowest BCUT2D eigenvalue weighted by Gasteiger charge is -2.28. The van der Waals surface area contributed by atoms with Crippen molar-refractivity contribution in [2.75, 3.05) is 33.4 Å². The number of benzene rings is 1. The Hall–Kier alpha value is -2.06. The van der Waals surface area contributed by atoms with E-state index in [1.807, 2.05) is 47.7 Å². The summed E-state index contributed by atoms with van der Waals surface area (Å²) in [6.45, 7) is 4.41. The van der Waals surface area contributed by atoms with Gasteiger partial charge < -0.3 is 18.9 Å². The van der Waals surface area contributed by atoms with Crippen molar-refractivity contribution in [3.63, 3.8) is 0 Å². The van der Waals surface area contributed by atoms with Crippen molar-refractivity contribution in [1.29, 1.82) is 0 Å². The van der Waals surface area contributed by atoms with Crippen molar-refractivity contribution in [3.05, 3.63) is 24.3 Å². The molecule has 1 saturated heterocycles. The molecule has 1 atom stereocenters. The SMILES string of the molecule is COc1cccc(-c2nnc(SC(C)C(=O)N3CCOCC3)n2C)c1. The van der Waals surface area contributed by atoms with Crippen molar-refractivity contribution in [3.8, 4) is 17.1 Å². The Balaban J connectivity index is 1.73. The third-order valence-electron chi connectivity index (χ3n) is 4.12. The molecule has 2 aromatic rings. The maximum atomic E-state index is 12.5. The van der Waals surface area contributed by atoms with Crippen LogP contribution in [0.25, 0.3) is 11.4 Å². The van der Waals surface area contributed by atoms with Gasteiger partial charge in [0.25, 0.3) is 0 Å². The maximum Gasteiger partial charge on any atom is 0.236 e. The minimum absolute atomic E-state index is 0.110. The van der Waals surface area contributed by atoms with Gasteiger partial charge in [0.05, 0.1) is 25.6 Å². The van der Waals surface area contributed by atoms with Gasteiger partial charge in [0.15, 0.2) is 11.0 Å². The molecule has 0 radical (unpaired) electrons. The van der Waals surface area contributed by atoms with Gasteiger partial charge in [-0.05, 0) is 19.1 Å². The van der Waals surface area contributed by atoms with Crippen LogP contribution in [0.2, 0.25) is 0 Å². The Morgan fingerprint density at radius 1 is 1.32 bits per heavy atom. The molecule has 1 aliphatic heterocycles. The van der Waals surface area contributed by atoms with Gasteiger partial charge in [-0.2, -0.15) is 0 Å². The van der Waals surface area contributed by atoms with E-state index in [1.165, 1.54) is 11.8 Å². The fourth-order valence-electron chi connectivity index (χ4n) is 2.68. The van der Waals surface area contributed by atoms with Crippen LogP contribution < -0.4 is 4.74 Å². The van der Waals surface area contributed by atoms with Crippen LogP contribution in [0.4, 0.5) is 0 Å². The average Bonchev–Trinajstić information content (AvgIpc) is 3.02. The molecule has 8 heteroatoms. The van der Waals surface area contributed by atoms with Gasteiger partial charge in [-0.25, -0.2) is 0 Å². The standard InChI is InChI=1S/C17H22N4O3S/c1-12(16(22)21-7-9-24-10-8-21)25-17-19-18-15(20(17)2)13-5-4-6-14(11-13)23-3/h4-6,11-12H,7-10H2,1-3H3. The van der Waals surface area contributed by atoms with E-state index in [-0.39, 0.29) is 11.2 Å². The summed E-state index contributed by atoms with van der Waals surface area (Å²) in [6, 6.07) is 7.68. The monoisotopic (exact) mass is 362 g/mol. The Morgan fingerprint density at radius 2 is 2.08 bits per heavy atom. The van der Waals surface area contributed by atoms with Crippen LogP contribution >= 0.6 is 11.8 Å². The van der Waals surface area contributed by atoms with E-state index in [4.69, 9.17) is 9.47 Å². The quantitative estimate of drug-likeness (QED) is 0.756. The van der Waals surface area contributed by atoms with Gasteiger partial charge in [0.1, 0.15) is 5.75 Å². The second-order valence-corrected chi connectivity index (χ2v) is 7.10. The van der Waals surface area contributed by atoms with Gasteiger partial charge in [0.2, 0.25) is 5.91 Å². The van der Waals surface area contributed by atoms with Gasteiger partial charge in [-0.1, -0.05) is 23.9 Å². The van der Waals surface area contributed by atoms with Crippen LogP contribution in [-0.4, -0.2) is 64.2 Å². The highest BCUT2D eigenvalue weighted by Gasteiger charge is 2.25. The van der Waals surface area contributed by atoms with Crippen molar-refractivity contribution in [2.24, 2.45) is 7.05 Å². The number of rotatable bonds is 5. The van der Waals surface area contributed by atoms with E-state index < -0.39 is 0 Å². The Bertz CT molecular complexity index is 743. The first-order valence-electron chi connectivity index (χ1n) is 8.17. The molecule has 1 aromatic carbocycles. The molecule has 1 aromatic heterocycles. The summed E-state index contributed by atoms with van der Waals surface area (Å²) in [6.07, 6.45) is 0. The first-order valence-corrected chi connectivity index (χ1v) is 9.05. The van der Waals surface area contributed by atoms with Crippen LogP contribution in [0.1, 0.15) is 6.92 Å². The molecule has 25 heavy (non-hydrogen) atoms. The lowest BCUT2D eigenvalue weighted by molar-refractivity contribution is -0.134. The number of carbonyl (C=O) groups excluding carboxylic acids is 1. The first kappa shape index (κ1) is 17.8. The Morgan fingerprint density at radius 3 is 2.80 bits per heavy atom. The third-order valence-corrected chi connectivity index (χ3v) is 5.24. The zero-order valence-corrected chi connectivity index (χ0v) is 15.5. The topological polar surface area (TPSA) is 69.5 Å². The zero-order valence-electron chi connectivity index (χ0n) is 14.6. The molecule has 1 unspecified atom stereocenters. The molecule has 0 N–H and O–H groups in total. The summed E-state index contributed by atoms with van der Waals surface area (Å²) in [4.78, 5) is 14.4. The Kier molecular flexibility index (Phi) is 5.60. The maximum absolute atomic E-state index is 12.5. The average molecular weight is 362 g/mol. The number of morpholine rings is 1. The number of hydrogen-bond acceptors (Lipinski definition) is 6. The second-order valence-electron chi connectivity index (χ2n) is 5.79. The smallest absolute Gasteiger partial charge is 0.236 e. The third kappa shape index (κ3) is 3.96. The molecule has 3 rings (SSSR count). The number of nitrogens with zero attached hydrogens (tertiary/aromatic N) is 4. The lowest BCUT2D eigenvalue weighted by atomic mass is 10.2. The number of hydrogen-bond donors (Lipinski definition) is 0. The van der Waals surface area contributed by atoms with Gasteiger partial charge in [0, 0.05) is 25.7 Å². The first-order chi connectivity index (χ1) is 12.1. The van der Waals surface area contributed by atoms with Gasteiger partial charge in [-0.3, -0.25) is 4.79 Å². The van der Waals surface area contributed by atoms with E-state index in [9.17, 15) is 4.79 Å². The molecular weight excluding hydrogens is 340 g/mol. The number of amides is 1. The molecular formula is C17H22N4O3S. The molecule has 1 aliphatic rings. The molecule has 0 saturated carbocycles. The summed E-state index contributed by atoms with van der Waals surface area (Å²) in [5.41, 5.74) is 0.924. The molecule has 1 fully saturated rings. The minimum Gasteiger partial charge on any atom is -0.497 e. The highest BCUT2D eigenvalue weighted by Crippen LogP contribution is 2.28. The van der Waals surface area contributed by atoms with Crippen molar-refractivity contribution in [2.45, 2.75) is 17.3 Å². The van der Waals surface area contributed by atoms with E-state index in [1.54, 1.807) is 7.11 Å². The van der Waals surface area contributed by atoms with Crippen LogP contribution in [0.15, 0.2) is 29.4 Å². The highest BCUT2D eigenvalue weighted by atomic mass is 32.2. The molecule has 0 aliphatic carbocycles. The van der Waals surface area contributed by atoms with Crippen LogP contribution in [0.5, 0.6) is 5.75 Å². The predicted molar refractivity (Wildman–Crippen MR) is 95.7 cm³/mol. The molecule has 0 spiro atoms. The fourth-order valence-corrected chi connectivity index (χ4v) is 3.58. The van der Waals surface area contributed by atoms with E-state index in [2.05, 4.69) is 10.2 Å². The summed E-state index contributed by atoms with van der Waals surface area (Å²) in [7, 11) is 3.54. The number of methoxy groups -OCH3 is 1. The van der Waals surface area contributed by atoms with Crippen molar-refractivity contribution < 1.29 is 14.3 Å². The highest BCUT2D eigenvalue weighted by molar-refractivity contribution is 8.00. The Labute approximate surface area is 151 Å². The van der Waals surface area contributed by atoms with Crippen molar-refractivity contribution >= 4 is 17.7 Å². The van der Waals surface area contributed by atoms with E-state index >= 15 is 0 Å². The van der Waals surface area contributed by atoms with Gasteiger partial charge >= 0.3 is 0 Å². The van der Waals surface area contributed by atoms with Crippen LogP contribution in [0.3, 0.4) is 0 Å². The largest absolute Gasteiger partial charge is 0.497 e. The van der Waals surface area contributed by atoms with Crippen LogP contribution in [0, 0.1) is 0 Å². The van der Waals surface area contributed by atoms with Gasteiger partial charge in [-0.15, -0.1) is 10.2 Å². The second kappa shape index (κ2) is 7.88. The van der Waals surface area contributed by atoms with Crippen molar-refractivity contribution in [1.82, 2.24) is 19.7 Å². The lowest BCUT2D eigenvalue weighted by Crippen LogP contribution is -2.44. The molecule has 1 amide bonds. The number of carbonyl (C=O) groups is 1. The molecule has 134 valence electrons. The summed E-state index contributed by atoms with van der Waals surface area (Å²) < 4.78 is 12.5. The number of ether oxygens (including phenoxy) is 2. The normalized spacial score (nSPS) is 15.9.